The summed E-state index contributed by atoms with van der Waals surface area (Å²) >= 11 is 0. The molecule has 4 atom stereocenters. The predicted molar refractivity (Wildman–Crippen MR) is 90.4 cm³/mol. The summed E-state index contributed by atoms with van der Waals surface area (Å²) in [6, 6.07) is 0. The summed E-state index contributed by atoms with van der Waals surface area (Å²) in [6.45, 7) is 8.93. The quantitative estimate of drug-likeness (QED) is 0.362. The lowest BCUT2D eigenvalue weighted by Gasteiger charge is -2.30. The van der Waals surface area contributed by atoms with Crippen molar-refractivity contribution in [1.29, 1.82) is 0 Å². The Kier molecular flexibility index (Phi) is 5.95. The van der Waals surface area contributed by atoms with Gasteiger partial charge in [-0.1, -0.05) is 32.1 Å². The third-order valence-electron chi connectivity index (χ3n) is 4.49. The Labute approximate surface area is 147 Å². The summed E-state index contributed by atoms with van der Waals surface area (Å²) < 4.78 is 10.7. The Morgan fingerprint density at radius 1 is 1.48 bits per heavy atom. The number of aldehydes is 1. The lowest BCUT2D eigenvalue weighted by atomic mass is 9.84. The van der Waals surface area contributed by atoms with Crippen LogP contribution in [0.4, 0.5) is 0 Å². The lowest BCUT2D eigenvalue weighted by molar-refractivity contribution is -0.158. The van der Waals surface area contributed by atoms with E-state index < -0.39 is 42.1 Å². The molecule has 6 nitrogen and oxygen atoms in total. The maximum absolute atomic E-state index is 12.1. The number of rotatable bonds is 3. The van der Waals surface area contributed by atoms with Gasteiger partial charge in [-0.25, -0.2) is 4.79 Å². The van der Waals surface area contributed by atoms with E-state index in [0.717, 1.165) is 5.57 Å². The van der Waals surface area contributed by atoms with Gasteiger partial charge in [-0.05, 0) is 25.8 Å². The molecule has 2 rings (SSSR count). The van der Waals surface area contributed by atoms with Crippen molar-refractivity contribution in [1.82, 2.24) is 0 Å². The molecule has 2 aliphatic rings. The molecule has 0 spiro atoms. The van der Waals surface area contributed by atoms with Crippen molar-refractivity contribution in [3.8, 4) is 0 Å². The predicted octanol–water partition coefficient (Wildman–Crippen LogP) is 1.88. The van der Waals surface area contributed by atoms with Gasteiger partial charge >= 0.3 is 11.9 Å². The van der Waals surface area contributed by atoms with E-state index in [1.165, 1.54) is 0 Å². The first kappa shape index (κ1) is 19.1. The van der Waals surface area contributed by atoms with Gasteiger partial charge < -0.3 is 14.6 Å². The standard InChI is InChI=1S/C19H24O6/c1-10(2)18(22)25-17-13(9-20)7-5-6-11(3)8-14-15(16(17)21)12(4)19(23)24-14/h7-10,14-17,21H,4-6H2,1-3H3/b11-8-,13-7-/t14-,15-,16+,17+/m1/s1. The molecule has 0 saturated carbocycles. The number of hydrogen-bond acceptors (Lipinski definition) is 6. The number of carbonyl (C=O) groups excluding carboxylic acids is 3. The number of esters is 2. The maximum Gasteiger partial charge on any atom is 0.334 e. The van der Waals surface area contributed by atoms with E-state index in [2.05, 4.69) is 6.58 Å². The van der Waals surface area contributed by atoms with Crippen molar-refractivity contribution in [3.63, 3.8) is 0 Å². The van der Waals surface area contributed by atoms with Gasteiger partial charge in [0, 0.05) is 11.1 Å². The van der Waals surface area contributed by atoms with Crippen molar-refractivity contribution in [2.45, 2.75) is 51.9 Å². The van der Waals surface area contributed by atoms with Gasteiger partial charge in [0.05, 0.1) is 11.8 Å². The molecule has 136 valence electrons. The number of hydrogen-bond donors (Lipinski definition) is 1. The van der Waals surface area contributed by atoms with Crippen LogP contribution in [0.15, 0.2) is 35.5 Å². The van der Waals surface area contributed by atoms with Crippen molar-refractivity contribution >= 4 is 18.2 Å². The van der Waals surface area contributed by atoms with Gasteiger partial charge in [-0.15, -0.1) is 0 Å². The topological polar surface area (TPSA) is 89.9 Å². The highest BCUT2D eigenvalue weighted by atomic mass is 16.6. The highest BCUT2D eigenvalue weighted by Crippen LogP contribution is 2.35. The number of ether oxygens (including phenoxy) is 2. The monoisotopic (exact) mass is 348 g/mol. The molecule has 25 heavy (non-hydrogen) atoms. The molecule has 0 aromatic heterocycles. The SMILES string of the molecule is C=C1C(=O)O[C@@H]2/C=C(/C)CC/C=C(/C=O)[C@H](OC(=O)C(C)C)[C@@H](O)[C@H]12. The van der Waals surface area contributed by atoms with E-state index >= 15 is 0 Å². The van der Waals surface area contributed by atoms with Crippen LogP contribution in [0.25, 0.3) is 0 Å². The summed E-state index contributed by atoms with van der Waals surface area (Å²) in [4.78, 5) is 35.5. The van der Waals surface area contributed by atoms with Crippen LogP contribution < -0.4 is 0 Å². The van der Waals surface area contributed by atoms with Crippen molar-refractivity contribution in [3.05, 3.63) is 35.5 Å². The molecule has 1 fully saturated rings. The van der Waals surface area contributed by atoms with Crippen molar-refractivity contribution in [2.24, 2.45) is 11.8 Å². The first-order valence-electron chi connectivity index (χ1n) is 8.37. The number of aliphatic hydroxyl groups is 1. The molecule has 1 N–H and O–H groups in total. The Morgan fingerprint density at radius 2 is 2.16 bits per heavy atom. The smallest absolute Gasteiger partial charge is 0.334 e. The third kappa shape index (κ3) is 4.07. The van der Waals surface area contributed by atoms with Gasteiger partial charge in [0.25, 0.3) is 0 Å². The Balaban J connectivity index is 2.46. The van der Waals surface area contributed by atoms with Crippen LogP contribution in [0.1, 0.15) is 33.6 Å². The van der Waals surface area contributed by atoms with Crippen LogP contribution in [0.5, 0.6) is 0 Å². The third-order valence-corrected chi connectivity index (χ3v) is 4.49. The van der Waals surface area contributed by atoms with E-state index in [0.29, 0.717) is 19.1 Å². The van der Waals surface area contributed by atoms with E-state index in [9.17, 15) is 19.5 Å². The maximum atomic E-state index is 12.1. The normalized spacial score (nSPS) is 34.3. The minimum absolute atomic E-state index is 0.109. The second kappa shape index (κ2) is 7.78. The van der Waals surface area contributed by atoms with Gasteiger partial charge in [0.2, 0.25) is 0 Å². The van der Waals surface area contributed by atoms with Crippen LogP contribution in [0.2, 0.25) is 0 Å². The van der Waals surface area contributed by atoms with Crippen LogP contribution in [-0.4, -0.2) is 41.6 Å². The van der Waals surface area contributed by atoms with E-state index in [1.54, 1.807) is 26.0 Å². The van der Waals surface area contributed by atoms with Crippen LogP contribution in [0, 0.1) is 11.8 Å². The fourth-order valence-corrected chi connectivity index (χ4v) is 2.99. The highest BCUT2D eigenvalue weighted by Gasteiger charge is 2.46. The van der Waals surface area contributed by atoms with E-state index in [-0.39, 0.29) is 11.1 Å². The average molecular weight is 348 g/mol. The zero-order valence-electron chi connectivity index (χ0n) is 14.7. The van der Waals surface area contributed by atoms with Gasteiger partial charge in [0.1, 0.15) is 18.5 Å². The average Bonchev–Trinajstić information content (AvgIpc) is 2.82. The van der Waals surface area contributed by atoms with Crippen molar-refractivity contribution < 1.29 is 29.0 Å². The van der Waals surface area contributed by atoms with Gasteiger partial charge in [0.15, 0.2) is 6.10 Å². The number of fused-ring (bicyclic) bond motifs is 1. The molecule has 0 aromatic rings. The summed E-state index contributed by atoms with van der Waals surface area (Å²) in [6.07, 6.45) is 2.05. The van der Waals surface area contributed by atoms with Crippen LogP contribution >= 0.6 is 0 Å². The zero-order valence-corrected chi connectivity index (χ0v) is 14.7. The number of carbonyl (C=O) groups is 3. The molecule has 1 saturated heterocycles. The first-order chi connectivity index (χ1) is 11.8. The molecule has 0 amide bonds. The molecule has 0 bridgehead atoms. The summed E-state index contributed by atoms with van der Waals surface area (Å²) in [5.41, 5.74) is 1.27. The zero-order chi connectivity index (χ0) is 18.7. The molecule has 6 heteroatoms. The Hall–Kier alpha value is -2.21. The fourth-order valence-electron chi connectivity index (χ4n) is 2.99. The lowest BCUT2D eigenvalue weighted by Crippen LogP contribution is -2.42. The Bertz CT molecular complexity index is 642. The summed E-state index contributed by atoms with van der Waals surface area (Å²) in [7, 11) is 0. The summed E-state index contributed by atoms with van der Waals surface area (Å²) in [5.74, 6) is -2.33. The van der Waals surface area contributed by atoms with E-state index in [4.69, 9.17) is 9.47 Å². The second-order valence-corrected chi connectivity index (χ2v) is 6.80. The molecular weight excluding hydrogens is 324 g/mol. The number of allylic oxidation sites excluding steroid dienone is 2. The molecule has 0 unspecified atom stereocenters. The molecule has 1 aliphatic carbocycles. The molecule has 0 aromatic carbocycles. The van der Waals surface area contributed by atoms with Crippen LogP contribution in [-0.2, 0) is 23.9 Å². The summed E-state index contributed by atoms with van der Waals surface area (Å²) in [5, 5.41) is 10.9. The largest absolute Gasteiger partial charge is 0.454 e. The molecule has 1 heterocycles. The minimum Gasteiger partial charge on any atom is -0.454 e. The van der Waals surface area contributed by atoms with E-state index in [1.807, 2.05) is 6.92 Å². The molecular formula is C19H24O6. The fraction of sp³-hybridized carbons (Fsp3) is 0.526. The second-order valence-electron chi connectivity index (χ2n) is 6.80. The Morgan fingerprint density at radius 3 is 2.76 bits per heavy atom. The van der Waals surface area contributed by atoms with Gasteiger partial charge in [-0.2, -0.15) is 0 Å². The first-order valence-corrected chi connectivity index (χ1v) is 8.37. The van der Waals surface area contributed by atoms with Gasteiger partial charge in [-0.3, -0.25) is 9.59 Å². The number of aliphatic hydroxyl groups excluding tert-OH is 1. The minimum atomic E-state index is -1.31. The van der Waals surface area contributed by atoms with Crippen LogP contribution in [0.3, 0.4) is 0 Å². The molecule has 1 aliphatic heterocycles. The molecule has 0 radical (unpaired) electrons. The highest BCUT2D eigenvalue weighted by molar-refractivity contribution is 5.91. The van der Waals surface area contributed by atoms with Crippen molar-refractivity contribution in [2.75, 3.05) is 0 Å².